The summed E-state index contributed by atoms with van der Waals surface area (Å²) in [6, 6.07) is 26.1. The normalized spacial score (nSPS) is 16.9. The fraction of sp³-hybridized carbons (Fsp3) is 0.357. The second-order valence-corrected chi connectivity index (χ2v) is 11.9. The number of hydrogen-bond acceptors (Lipinski definition) is 4. The molecular formula is C28H34Cl2N2O3S. The number of likely N-dealkylation sites (tertiary alicyclic amines) is 1. The summed E-state index contributed by atoms with van der Waals surface area (Å²) in [5, 5.41) is 11.8. The lowest BCUT2D eigenvalue weighted by Gasteiger charge is -2.39. The Morgan fingerprint density at radius 3 is 2.19 bits per heavy atom. The molecule has 1 N–H and O–H groups in total. The highest BCUT2D eigenvalue weighted by molar-refractivity contribution is 7.89. The Morgan fingerprint density at radius 1 is 0.972 bits per heavy atom. The third-order valence-electron chi connectivity index (χ3n) is 7.04. The number of nitrogens with zero attached hydrogens (tertiary/aromatic N) is 2. The summed E-state index contributed by atoms with van der Waals surface area (Å²) in [6.07, 6.45) is 2.15. The predicted octanol–water partition coefficient (Wildman–Crippen LogP) is 5.54. The molecule has 4 rings (SSSR count). The van der Waals surface area contributed by atoms with Gasteiger partial charge < -0.3 is 10.0 Å². The van der Waals surface area contributed by atoms with E-state index in [1.54, 1.807) is 31.3 Å². The first-order valence-corrected chi connectivity index (χ1v) is 13.9. The van der Waals surface area contributed by atoms with Gasteiger partial charge in [-0.05, 0) is 67.1 Å². The number of rotatable bonds is 9. The standard InChI is InChI=1S/C28H33ClN2O3S.ClH/c1-30(35(33,34)27-13-6-3-7-14-27)22-24(23-9-8-12-26(29)21-23)15-18-31-19-16-28(32,17-20-31)25-10-4-2-5-11-25;/h2-14,21,24,32H,15-20,22H2,1H3;1H. The topological polar surface area (TPSA) is 60.9 Å². The summed E-state index contributed by atoms with van der Waals surface area (Å²) in [7, 11) is -1.95. The first-order chi connectivity index (χ1) is 16.8. The molecule has 1 unspecified atom stereocenters. The molecule has 1 aliphatic rings. The molecule has 0 spiro atoms. The first kappa shape index (κ1) is 28.6. The molecule has 194 valence electrons. The molecule has 36 heavy (non-hydrogen) atoms. The zero-order chi connectivity index (χ0) is 24.9. The quantitative estimate of drug-likeness (QED) is 0.381. The lowest BCUT2D eigenvalue weighted by atomic mass is 9.84. The molecule has 3 aromatic carbocycles. The Labute approximate surface area is 226 Å². The Hall–Kier alpha value is -1.93. The van der Waals surface area contributed by atoms with Crippen LogP contribution >= 0.6 is 24.0 Å². The molecule has 1 saturated heterocycles. The van der Waals surface area contributed by atoms with Gasteiger partial charge in [-0.1, -0.05) is 72.3 Å². The van der Waals surface area contributed by atoms with Crippen molar-refractivity contribution in [1.29, 1.82) is 0 Å². The van der Waals surface area contributed by atoms with Crippen molar-refractivity contribution in [2.24, 2.45) is 0 Å². The molecule has 0 radical (unpaired) electrons. The fourth-order valence-corrected chi connectivity index (χ4v) is 6.26. The molecule has 0 bridgehead atoms. The highest BCUT2D eigenvalue weighted by atomic mass is 35.5. The number of aliphatic hydroxyl groups is 1. The average Bonchev–Trinajstić information content (AvgIpc) is 2.88. The summed E-state index contributed by atoms with van der Waals surface area (Å²) in [4.78, 5) is 2.66. The Kier molecular flexibility index (Phi) is 9.98. The van der Waals surface area contributed by atoms with E-state index >= 15 is 0 Å². The number of benzene rings is 3. The number of sulfonamides is 1. The highest BCUT2D eigenvalue weighted by Gasteiger charge is 2.34. The van der Waals surface area contributed by atoms with Crippen LogP contribution in [-0.2, 0) is 15.6 Å². The van der Waals surface area contributed by atoms with Crippen molar-refractivity contribution in [1.82, 2.24) is 9.21 Å². The van der Waals surface area contributed by atoms with Crippen LogP contribution in [0.4, 0.5) is 0 Å². The van der Waals surface area contributed by atoms with Crippen LogP contribution in [-0.4, -0.2) is 56.0 Å². The largest absolute Gasteiger partial charge is 0.385 e. The van der Waals surface area contributed by atoms with Crippen LogP contribution in [0.5, 0.6) is 0 Å². The maximum absolute atomic E-state index is 13.1. The molecule has 0 aromatic heterocycles. The highest BCUT2D eigenvalue weighted by Crippen LogP contribution is 2.33. The minimum atomic E-state index is -3.59. The minimum Gasteiger partial charge on any atom is -0.385 e. The van der Waals surface area contributed by atoms with E-state index in [1.165, 1.54) is 4.31 Å². The molecule has 0 saturated carbocycles. The summed E-state index contributed by atoms with van der Waals surface area (Å²) in [6.45, 7) is 2.78. The molecule has 3 aromatic rings. The second-order valence-electron chi connectivity index (χ2n) is 9.38. The Balaban J connectivity index is 0.00000361. The van der Waals surface area contributed by atoms with Crippen molar-refractivity contribution in [3.63, 3.8) is 0 Å². The van der Waals surface area contributed by atoms with Gasteiger partial charge in [0, 0.05) is 31.7 Å². The molecule has 1 heterocycles. The van der Waals surface area contributed by atoms with Crippen molar-refractivity contribution in [3.05, 3.63) is 101 Å². The van der Waals surface area contributed by atoms with Crippen LogP contribution in [0.2, 0.25) is 5.02 Å². The molecule has 8 heteroatoms. The van der Waals surface area contributed by atoms with Crippen LogP contribution < -0.4 is 0 Å². The van der Waals surface area contributed by atoms with E-state index in [0.717, 1.165) is 37.2 Å². The van der Waals surface area contributed by atoms with E-state index in [9.17, 15) is 13.5 Å². The SMILES string of the molecule is CN(CC(CCN1CCC(O)(c2ccccc2)CC1)c1cccc(Cl)c1)S(=O)(=O)c1ccccc1.Cl. The van der Waals surface area contributed by atoms with E-state index in [0.29, 0.717) is 29.3 Å². The molecule has 1 aliphatic heterocycles. The smallest absolute Gasteiger partial charge is 0.242 e. The van der Waals surface area contributed by atoms with E-state index in [-0.39, 0.29) is 18.3 Å². The summed E-state index contributed by atoms with van der Waals surface area (Å²) >= 11 is 6.28. The lowest BCUT2D eigenvalue weighted by Crippen LogP contribution is -2.43. The van der Waals surface area contributed by atoms with Crippen LogP contribution in [0, 0.1) is 0 Å². The molecule has 1 fully saturated rings. The first-order valence-electron chi connectivity index (χ1n) is 12.0. The van der Waals surface area contributed by atoms with E-state index in [1.807, 2.05) is 60.7 Å². The Morgan fingerprint density at radius 2 is 1.58 bits per heavy atom. The number of likely N-dealkylation sites (N-methyl/N-ethyl adjacent to an activating group) is 1. The van der Waals surface area contributed by atoms with Crippen molar-refractivity contribution >= 4 is 34.0 Å². The van der Waals surface area contributed by atoms with Gasteiger partial charge in [0.05, 0.1) is 10.5 Å². The van der Waals surface area contributed by atoms with Crippen LogP contribution in [0.25, 0.3) is 0 Å². The molecule has 1 atom stereocenters. The van der Waals surface area contributed by atoms with Crippen LogP contribution in [0.15, 0.2) is 89.8 Å². The summed E-state index contributed by atoms with van der Waals surface area (Å²) < 4.78 is 27.7. The van der Waals surface area contributed by atoms with Gasteiger partial charge in [-0.15, -0.1) is 12.4 Å². The fourth-order valence-electron chi connectivity index (χ4n) is 4.83. The average molecular weight is 550 g/mol. The van der Waals surface area contributed by atoms with Gasteiger partial charge in [0.1, 0.15) is 0 Å². The zero-order valence-corrected chi connectivity index (χ0v) is 22.9. The van der Waals surface area contributed by atoms with Crippen molar-refractivity contribution < 1.29 is 13.5 Å². The minimum absolute atomic E-state index is 0. The van der Waals surface area contributed by atoms with Gasteiger partial charge in [0.2, 0.25) is 10.0 Å². The van der Waals surface area contributed by atoms with Crippen LogP contribution in [0.3, 0.4) is 0 Å². The van der Waals surface area contributed by atoms with Crippen molar-refractivity contribution in [2.45, 2.75) is 35.7 Å². The molecule has 0 amide bonds. The summed E-state index contributed by atoms with van der Waals surface area (Å²) in [5.74, 6) is -0.00730. The van der Waals surface area contributed by atoms with Gasteiger partial charge in [0.25, 0.3) is 0 Å². The van der Waals surface area contributed by atoms with Gasteiger partial charge in [-0.2, -0.15) is 0 Å². The maximum atomic E-state index is 13.1. The third kappa shape index (κ3) is 6.88. The van der Waals surface area contributed by atoms with Gasteiger partial charge in [-0.3, -0.25) is 0 Å². The van der Waals surface area contributed by atoms with E-state index in [4.69, 9.17) is 11.6 Å². The lowest BCUT2D eigenvalue weighted by molar-refractivity contribution is -0.0263. The summed E-state index contributed by atoms with van der Waals surface area (Å²) in [5.41, 5.74) is 1.23. The Bertz CT molecular complexity index is 1200. The molecule has 0 aliphatic carbocycles. The third-order valence-corrected chi connectivity index (χ3v) is 9.11. The van der Waals surface area contributed by atoms with Gasteiger partial charge in [-0.25, -0.2) is 12.7 Å². The van der Waals surface area contributed by atoms with E-state index in [2.05, 4.69) is 4.90 Å². The predicted molar refractivity (Wildman–Crippen MR) is 148 cm³/mol. The zero-order valence-electron chi connectivity index (χ0n) is 20.5. The number of piperidine rings is 1. The van der Waals surface area contributed by atoms with Crippen molar-refractivity contribution in [2.75, 3.05) is 33.2 Å². The molecule has 5 nitrogen and oxygen atoms in total. The monoisotopic (exact) mass is 548 g/mol. The number of halogens is 2. The van der Waals surface area contributed by atoms with Gasteiger partial charge >= 0.3 is 0 Å². The van der Waals surface area contributed by atoms with Gasteiger partial charge in [0.15, 0.2) is 0 Å². The molecular weight excluding hydrogens is 515 g/mol. The van der Waals surface area contributed by atoms with Crippen LogP contribution in [0.1, 0.15) is 36.3 Å². The number of hydrogen-bond donors (Lipinski definition) is 1. The second kappa shape index (κ2) is 12.5. The maximum Gasteiger partial charge on any atom is 0.242 e. The van der Waals surface area contributed by atoms with E-state index < -0.39 is 15.6 Å². The van der Waals surface area contributed by atoms with Crippen molar-refractivity contribution in [3.8, 4) is 0 Å².